The summed E-state index contributed by atoms with van der Waals surface area (Å²) in [7, 11) is 0. The van der Waals surface area contributed by atoms with Crippen molar-refractivity contribution < 1.29 is 9.52 Å². The molecule has 11 aromatic rings. The first-order valence-corrected chi connectivity index (χ1v) is 21.9. The number of aromatic nitrogens is 3. The number of fused-ring (bicyclic) bond motifs is 6. The molecule has 0 saturated heterocycles. The molecule has 0 aliphatic heterocycles. The van der Waals surface area contributed by atoms with Gasteiger partial charge in [-0.2, -0.15) is 0 Å². The zero-order valence-corrected chi connectivity index (χ0v) is 36.6. The van der Waals surface area contributed by atoms with Crippen molar-refractivity contribution in [3.05, 3.63) is 205 Å². The molecule has 0 amide bonds. The summed E-state index contributed by atoms with van der Waals surface area (Å²) in [5.41, 5.74) is 14.2. The van der Waals surface area contributed by atoms with Gasteiger partial charge in [-0.3, -0.25) is 9.55 Å². The number of imidazole rings is 1. The summed E-state index contributed by atoms with van der Waals surface area (Å²) in [5, 5.41) is 15.8. The molecule has 0 aliphatic rings. The smallest absolute Gasteiger partial charge is 0.153 e. The summed E-state index contributed by atoms with van der Waals surface area (Å²) < 4.78 is 8.72. The van der Waals surface area contributed by atoms with Gasteiger partial charge >= 0.3 is 0 Å². The van der Waals surface area contributed by atoms with Gasteiger partial charge in [0.2, 0.25) is 0 Å². The normalized spacial score (nSPS) is 12.2. The summed E-state index contributed by atoms with van der Waals surface area (Å²) in [5.74, 6) is 0.831. The first-order chi connectivity index (χ1) is 31.0. The maximum Gasteiger partial charge on any atom is 0.153 e. The predicted octanol–water partition coefficient (Wildman–Crippen LogP) is 15.5. The minimum Gasteiger partial charge on any atom is -0.507 e. The van der Waals surface area contributed by atoms with Crippen LogP contribution in [0.2, 0.25) is 0 Å². The van der Waals surface area contributed by atoms with Crippen molar-refractivity contribution in [3.8, 4) is 56.3 Å². The second-order valence-electron chi connectivity index (χ2n) is 18.4. The molecule has 0 spiro atoms. The molecule has 3 heterocycles. The van der Waals surface area contributed by atoms with Crippen molar-refractivity contribution in [1.82, 2.24) is 14.5 Å². The number of aromatic hydroxyl groups is 1. The maximum absolute atomic E-state index is 11.5. The van der Waals surface area contributed by atoms with E-state index in [1.165, 1.54) is 11.1 Å². The van der Waals surface area contributed by atoms with Crippen LogP contribution in [-0.2, 0) is 10.8 Å². The Balaban J connectivity index is 1.17. The Hall–Kier alpha value is -7.76. The van der Waals surface area contributed by atoms with Crippen LogP contribution in [-0.4, -0.2) is 19.6 Å². The van der Waals surface area contributed by atoms with Crippen LogP contribution in [0.4, 0.5) is 0 Å². The number of rotatable bonds is 7. The average molecular weight is 830 g/mol. The molecular weight excluding hydrogens is 783 g/mol. The van der Waals surface area contributed by atoms with E-state index < -0.39 is 0 Å². The van der Waals surface area contributed by atoms with Gasteiger partial charge in [-0.1, -0.05) is 162 Å². The van der Waals surface area contributed by atoms with Crippen LogP contribution in [0.5, 0.6) is 5.75 Å². The largest absolute Gasteiger partial charge is 0.507 e. The van der Waals surface area contributed by atoms with Crippen molar-refractivity contribution in [2.45, 2.75) is 45.4 Å². The lowest BCUT2D eigenvalue weighted by atomic mass is 9.76. The number of hydrogen-bond acceptors (Lipinski definition) is 4. The van der Waals surface area contributed by atoms with Gasteiger partial charge in [0.25, 0.3) is 0 Å². The van der Waals surface area contributed by atoms with Crippen molar-refractivity contribution >= 4 is 43.7 Å². The number of hydrogen-bond donors (Lipinski definition) is 1. The average Bonchev–Trinajstić information content (AvgIpc) is 3.90. The van der Waals surface area contributed by atoms with Gasteiger partial charge in [0.05, 0.1) is 34.2 Å². The third-order valence-corrected chi connectivity index (χ3v) is 13.0. The molecular formula is C59H47N3O2. The Morgan fingerprint density at radius 1 is 0.516 bits per heavy atom. The van der Waals surface area contributed by atoms with E-state index in [-0.39, 0.29) is 16.6 Å². The molecule has 310 valence electrons. The number of furan rings is 1. The van der Waals surface area contributed by atoms with Crippen LogP contribution >= 0.6 is 0 Å². The molecule has 1 N–H and O–H groups in total. The highest BCUT2D eigenvalue weighted by molar-refractivity contribution is 6.15. The van der Waals surface area contributed by atoms with Gasteiger partial charge in [-0.05, 0) is 93.2 Å². The van der Waals surface area contributed by atoms with Crippen LogP contribution in [0.25, 0.3) is 94.3 Å². The van der Waals surface area contributed by atoms with E-state index in [9.17, 15) is 5.11 Å². The second kappa shape index (κ2) is 15.0. The Labute approximate surface area is 373 Å². The third-order valence-electron chi connectivity index (χ3n) is 13.0. The summed E-state index contributed by atoms with van der Waals surface area (Å²) in [6.45, 7) is 11.3. The molecule has 0 fully saturated rings. The molecule has 5 nitrogen and oxygen atoms in total. The standard InChI is InChI=1S/C59H47N3O2/c1-58(2,3)42-28-30-51(48(34-42)37-17-8-6-9-18-37)62-52-25-16-24-44(55(52)61-57(62)47-23-14-15-26-53(47)63)39-31-40(33-43(32-39)59(4,5)41-20-10-7-11-21-41)50-35-49-46-29-27-38-19-12-13-22-45(38)56(46)64-54(49)36-60-50/h6-36,63H,1-5H3. The summed E-state index contributed by atoms with van der Waals surface area (Å²) >= 11 is 0. The van der Waals surface area contributed by atoms with Crippen LogP contribution < -0.4 is 0 Å². The van der Waals surface area contributed by atoms with E-state index >= 15 is 0 Å². The minimum atomic E-state index is -0.356. The van der Waals surface area contributed by atoms with E-state index in [4.69, 9.17) is 14.4 Å². The molecule has 0 saturated carbocycles. The van der Waals surface area contributed by atoms with Gasteiger partial charge in [-0.15, -0.1) is 0 Å². The third kappa shape index (κ3) is 6.55. The van der Waals surface area contributed by atoms with E-state index in [0.717, 1.165) is 88.5 Å². The van der Waals surface area contributed by atoms with E-state index in [2.05, 4.69) is 197 Å². The van der Waals surface area contributed by atoms with Gasteiger partial charge in [-0.25, -0.2) is 4.98 Å². The van der Waals surface area contributed by atoms with Crippen LogP contribution in [0.1, 0.15) is 51.3 Å². The molecule has 3 aromatic heterocycles. The van der Waals surface area contributed by atoms with Crippen LogP contribution in [0, 0.1) is 0 Å². The highest BCUT2D eigenvalue weighted by Gasteiger charge is 2.27. The second-order valence-corrected chi connectivity index (χ2v) is 18.4. The van der Waals surface area contributed by atoms with Crippen molar-refractivity contribution in [3.63, 3.8) is 0 Å². The predicted molar refractivity (Wildman–Crippen MR) is 264 cm³/mol. The molecule has 64 heavy (non-hydrogen) atoms. The van der Waals surface area contributed by atoms with Gasteiger partial charge in [0.15, 0.2) is 5.58 Å². The van der Waals surface area contributed by atoms with E-state index in [1.54, 1.807) is 6.07 Å². The topological polar surface area (TPSA) is 64.1 Å². The lowest BCUT2D eigenvalue weighted by Crippen LogP contribution is -2.19. The summed E-state index contributed by atoms with van der Waals surface area (Å²) in [4.78, 5) is 10.6. The Morgan fingerprint density at radius 2 is 1.23 bits per heavy atom. The monoisotopic (exact) mass is 829 g/mol. The van der Waals surface area contributed by atoms with E-state index in [1.807, 2.05) is 24.4 Å². The number of para-hydroxylation sites is 2. The Kier molecular flexibility index (Phi) is 9.14. The zero-order chi connectivity index (χ0) is 43.7. The first kappa shape index (κ1) is 39.1. The van der Waals surface area contributed by atoms with Crippen molar-refractivity contribution in [1.29, 1.82) is 0 Å². The Bertz CT molecular complexity index is 3570. The lowest BCUT2D eigenvalue weighted by molar-refractivity contribution is 0.477. The van der Waals surface area contributed by atoms with Crippen LogP contribution in [0.15, 0.2) is 193 Å². The molecule has 0 unspecified atom stereocenters. The summed E-state index contributed by atoms with van der Waals surface area (Å²) in [6, 6.07) is 63.6. The minimum absolute atomic E-state index is 0.0680. The molecule has 8 aromatic carbocycles. The summed E-state index contributed by atoms with van der Waals surface area (Å²) in [6.07, 6.45) is 1.87. The molecule has 0 bridgehead atoms. The molecule has 0 atom stereocenters. The van der Waals surface area contributed by atoms with Crippen molar-refractivity contribution in [2.75, 3.05) is 0 Å². The van der Waals surface area contributed by atoms with Crippen LogP contribution in [0.3, 0.4) is 0 Å². The van der Waals surface area contributed by atoms with E-state index in [0.29, 0.717) is 11.4 Å². The van der Waals surface area contributed by atoms with Gasteiger partial charge in [0, 0.05) is 38.3 Å². The SMILES string of the molecule is CC(C)(C)c1ccc(-n2c(-c3ccccc3O)nc3c(-c4cc(-c5cc6c(cn5)oc5c7ccccc7ccc65)cc(C(C)(C)c5ccccc5)c4)cccc32)c(-c2ccccc2)c1. The Morgan fingerprint density at radius 3 is 2.03 bits per heavy atom. The quantitative estimate of drug-likeness (QED) is 0.174. The number of nitrogens with zero attached hydrogens (tertiary/aromatic N) is 3. The number of phenolic OH excluding ortho intramolecular Hbond substituents is 1. The molecule has 0 radical (unpaired) electrons. The highest BCUT2D eigenvalue weighted by Crippen LogP contribution is 2.44. The number of pyridine rings is 1. The highest BCUT2D eigenvalue weighted by atomic mass is 16.3. The fourth-order valence-corrected chi connectivity index (χ4v) is 9.35. The fourth-order valence-electron chi connectivity index (χ4n) is 9.35. The molecule has 11 rings (SSSR count). The van der Waals surface area contributed by atoms with Gasteiger partial charge < -0.3 is 9.52 Å². The first-order valence-electron chi connectivity index (χ1n) is 21.9. The van der Waals surface area contributed by atoms with Crippen molar-refractivity contribution in [2.24, 2.45) is 0 Å². The molecule has 5 heteroatoms. The number of phenols is 1. The maximum atomic E-state index is 11.5. The molecule has 0 aliphatic carbocycles. The fraction of sp³-hybridized carbons (Fsp3) is 0.119. The number of benzene rings is 8. The van der Waals surface area contributed by atoms with Gasteiger partial charge in [0.1, 0.15) is 17.2 Å². The zero-order valence-electron chi connectivity index (χ0n) is 36.6. The lowest BCUT2D eigenvalue weighted by Gasteiger charge is -2.27.